The molecule has 0 fully saturated rings. The van der Waals surface area contributed by atoms with Gasteiger partial charge in [-0.05, 0) is 12.1 Å². The van der Waals surface area contributed by atoms with E-state index in [9.17, 15) is 0 Å². The summed E-state index contributed by atoms with van der Waals surface area (Å²) in [6.45, 7) is -0.196. The van der Waals surface area contributed by atoms with Crippen molar-refractivity contribution in [2.24, 2.45) is 0 Å². The third kappa shape index (κ3) is 2.80. The topological polar surface area (TPSA) is 33.1 Å². The molecule has 19 heavy (non-hydrogen) atoms. The number of nitrogens with zero attached hydrogens (tertiary/aromatic N) is 1. The van der Waals surface area contributed by atoms with E-state index in [0.29, 0.717) is 17.0 Å². The Morgan fingerprint density at radius 1 is 0.842 bits per heavy atom. The van der Waals surface area contributed by atoms with Crippen LogP contribution in [0.1, 0.15) is 5.69 Å². The van der Waals surface area contributed by atoms with Gasteiger partial charge in [-0.3, -0.25) is 4.98 Å². The highest BCUT2D eigenvalue weighted by atomic mass is 35.5. The number of hydrogen-bond acceptors (Lipinski definition) is 2. The number of pyridine rings is 1. The third-order valence-corrected chi connectivity index (χ3v) is 4.71. The number of aliphatic hydroxyl groups is 1. The molecule has 0 unspecified atom stereocenters. The molecule has 7 heteroatoms. The average molecular weight is 357 g/mol. The third-order valence-electron chi connectivity index (χ3n) is 2.43. The van der Waals surface area contributed by atoms with Crippen LogP contribution < -0.4 is 0 Å². The fourth-order valence-corrected chi connectivity index (χ4v) is 2.87. The minimum absolute atomic E-state index is 0.0976. The van der Waals surface area contributed by atoms with Crippen molar-refractivity contribution in [2.75, 3.05) is 0 Å². The summed E-state index contributed by atoms with van der Waals surface area (Å²) in [7, 11) is 0. The highest BCUT2D eigenvalue weighted by molar-refractivity contribution is 6.56. The Bertz CT molecular complexity index is 615. The lowest BCUT2D eigenvalue weighted by Crippen LogP contribution is -1.94. The van der Waals surface area contributed by atoms with E-state index >= 15 is 0 Å². The highest BCUT2D eigenvalue weighted by Gasteiger charge is 2.21. The molecule has 0 spiro atoms. The van der Waals surface area contributed by atoms with Crippen LogP contribution in [0.4, 0.5) is 0 Å². The number of benzene rings is 1. The molecule has 0 atom stereocenters. The minimum atomic E-state index is -0.196. The summed E-state index contributed by atoms with van der Waals surface area (Å²) in [4.78, 5) is 4.22. The summed E-state index contributed by atoms with van der Waals surface area (Å²) in [5, 5.41) is 9.77. The molecule has 0 saturated carbocycles. The Labute approximate surface area is 134 Å². The van der Waals surface area contributed by atoms with Gasteiger partial charge in [0, 0.05) is 5.56 Å². The smallest absolute Gasteiger partial charge is 0.0853 e. The van der Waals surface area contributed by atoms with Crippen LogP contribution in [-0.2, 0) is 6.61 Å². The van der Waals surface area contributed by atoms with Gasteiger partial charge in [0.25, 0.3) is 0 Å². The zero-order chi connectivity index (χ0) is 14.2. The van der Waals surface area contributed by atoms with Crippen LogP contribution in [0.3, 0.4) is 0 Å². The highest BCUT2D eigenvalue weighted by Crippen LogP contribution is 2.47. The Morgan fingerprint density at radius 2 is 1.37 bits per heavy atom. The summed E-state index contributed by atoms with van der Waals surface area (Å²) < 4.78 is 0. The molecule has 1 aromatic heterocycles. The summed E-state index contributed by atoms with van der Waals surface area (Å²) in [5.74, 6) is 0. The number of aromatic nitrogens is 1. The normalized spacial score (nSPS) is 10.8. The first-order valence-electron chi connectivity index (χ1n) is 5.06. The Morgan fingerprint density at radius 3 is 1.89 bits per heavy atom. The molecule has 100 valence electrons. The Hall–Kier alpha value is -0.220. The Kier molecular flexibility index (Phi) is 4.83. The first-order valence-corrected chi connectivity index (χ1v) is 6.95. The van der Waals surface area contributed by atoms with E-state index in [0.717, 1.165) is 0 Å². The van der Waals surface area contributed by atoms with E-state index in [1.54, 1.807) is 18.2 Å². The van der Waals surface area contributed by atoms with Crippen molar-refractivity contribution >= 4 is 58.0 Å². The van der Waals surface area contributed by atoms with Gasteiger partial charge in [-0.2, -0.15) is 0 Å². The fraction of sp³-hybridized carbons (Fsp3) is 0.0833. The first-order chi connectivity index (χ1) is 8.97. The SMILES string of the molecule is OCc1cccc(-c2c(Cl)c(Cl)c(Cl)c(Cl)c2Cl)n1. The molecule has 0 amide bonds. The lowest BCUT2D eigenvalue weighted by Gasteiger charge is -2.12. The van der Waals surface area contributed by atoms with Crippen molar-refractivity contribution in [3.05, 3.63) is 49.0 Å². The monoisotopic (exact) mass is 355 g/mol. The largest absolute Gasteiger partial charge is 0.390 e. The van der Waals surface area contributed by atoms with E-state index in [1.807, 2.05) is 0 Å². The van der Waals surface area contributed by atoms with Gasteiger partial charge >= 0.3 is 0 Å². The van der Waals surface area contributed by atoms with Crippen molar-refractivity contribution in [3.63, 3.8) is 0 Å². The summed E-state index contributed by atoms with van der Waals surface area (Å²) in [6, 6.07) is 5.08. The molecule has 1 N–H and O–H groups in total. The van der Waals surface area contributed by atoms with E-state index in [-0.39, 0.29) is 31.7 Å². The van der Waals surface area contributed by atoms with Gasteiger partial charge in [0.15, 0.2) is 0 Å². The van der Waals surface area contributed by atoms with Crippen LogP contribution >= 0.6 is 58.0 Å². The van der Waals surface area contributed by atoms with Gasteiger partial charge in [-0.15, -0.1) is 0 Å². The van der Waals surface area contributed by atoms with Crippen molar-refractivity contribution in [2.45, 2.75) is 6.61 Å². The van der Waals surface area contributed by atoms with Crippen LogP contribution in [0.15, 0.2) is 18.2 Å². The summed E-state index contributed by atoms with van der Waals surface area (Å²) >= 11 is 30.2. The van der Waals surface area contributed by atoms with Gasteiger partial charge in [0.2, 0.25) is 0 Å². The quantitative estimate of drug-likeness (QED) is 0.568. The standard InChI is InChI=1S/C12H6Cl5NO/c13-8-7(6-3-1-2-5(4-19)18-6)9(14)11(16)12(17)10(8)15/h1-3,19H,4H2. The molecule has 1 aromatic carbocycles. The second-order valence-electron chi connectivity index (χ2n) is 3.62. The maximum absolute atomic E-state index is 9.10. The predicted molar refractivity (Wildman–Crippen MR) is 80.6 cm³/mol. The molecular formula is C12H6Cl5NO. The van der Waals surface area contributed by atoms with Crippen molar-refractivity contribution in [1.82, 2.24) is 4.98 Å². The second-order valence-corrected chi connectivity index (χ2v) is 5.51. The molecule has 1 heterocycles. The van der Waals surface area contributed by atoms with Gasteiger partial charge in [-0.25, -0.2) is 0 Å². The zero-order valence-electron chi connectivity index (χ0n) is 9.22. The fourth-order valence-electron chi connectivity index (χ4n) is 1.54. The van der Waals surface area contributed by atoms with E-state index < -0.39 is 0 Å². The maximum Gasteiger partial charge on any atom is 0.0853 e. The maximum atomic E-state index is 9.10. The molecule has 0 aliphatic heterocycles. The molecule has 0 saturated heterocycles. The molecule has 2 nitrogen and oxygen atoms in total. The van der Waals surface area contributed by atoms with Crippen LogP contribution in [0, 0.1) is 0 Å². The van der Waals surface area contributed by atoms with Gasteiger partial charge in [-0.1, -0.05) is 64.1 Å². The number of halogens is 5. The molecule has 0 aliphatic carbocycles. The lowest BCUT2D eigenvalue weighted by atomic mass is 10.1. The van der Waals surface area contributed by atoms with E-state index in [1.165, 1.54) is 0 Å². The Balaban J connectivity index is 2.75. The molecular weight excluding hydrogens is 351 g/mol. The van der Waals surface area contributed by atoms with Crippen LogP contribution in [-0.4, -0.2) is 10.1 Å². The number of rotatable bonds is 2. The van der Waals surface area contributed by atoms with Gasteiger partial charge < -0.3 is 5.11 Å². The average Bonchev–Trinajstić information content (AvgIpc) is 2.43. The van der Waals surface area contributed by atoms with Crippen LogP contribution in [0.2, 0.25) is 25.1 Å². The number of hydrogen-bond donors (Lipinski definition) is 1. The van der Waals surface area contributed by atoms with Gasteiger partial charge in [0.1, 0.15) is 0 Å². The van der Waals surface area contributed by atoms with E-state index in [4.69, 9.17) is 63.1 Å². The van der Waals surface area contributed by atoms with Crippen LogP contribution in [0.5, 0.6) is 0 Å². The number of aliphatic hydroxyl groups excluding tert-OH is 1. The molecule has 2 rings (SSSR count). The molecule has 2 aromatic rings. The van der Waals surface area contributed by atoms with Crippen molar-refractivity contribution < 1.29 is 5.11 Å². The van der Waals surface area contributed by atoms with Crippen molar-refractivity contribution in [3.8, 4) is 11.3 Å². The zero-order valence-corrected chi connectivity index (χ0v) is 13.0. The molecule has 0 bridgehead atoms. The first kappa shape index (κ1) is 15.2. The summed E-state index contributed by atoms with van der Waals surface area (Å²) in [5.41, 5.74) is 1.33. The minimum Gasteiger partial charge on any atom is -0.390 e. The second kappa shape index (κ2) is 6.04. The molecule has 0 aliphatic rings. The van der Waals surface area contributed by atoms with E-state index in [2.05, 4.69) is 4.98 Å². The predicted octanol–water partition coefficient (Wildman–Crippen LogP) is 5.51. The lowest BCUT2D eigenvalue weighted by molar-refractivity contribution is 0.277. The summed E-state index contributed by atoms with van der Waals surface area (Å²) in [6.07, 6.45) is 0. The molecule has 0 radical (unpaired) electrons. The van der Waals surface area contributed by atoms with Crippen molar-refractivity contribution in [1.29, 1.82) is 0 Å². The van der Waals surface area contributed by atoms with Crippen LogP contribution in [0.25, 0.3) is 11.3 Å². The van der Waals surface area contributed by atoms with Gasteiger partial charge in [0.05, 0.1) is 43.1 Å².